The summed E-state index contributed by atoms with van der Waals surface area (Å²) >= 11 is 0. The number of nitro benzene ring substituents is 1. The van der Waals surface area contributed by atoms with E-state index >= 15 is 0 Å². The van der Waals surface area contributed by atoms with E-state index in [1.165, 1.54) is 38.5 Å². The smallest absolute Gasteiger partial charge is 0.269 e. The normalized spacial score (nSPS) is 12.4. The number of Topliss-reactive ketones (excluding diaryl/α,β-unsaturated/α-hetero) is 1. The minimum absolute atomic E-state index is 0.140. The molecule has 0 spiro atoms. The molecule has 0 aliphatic rings. The number of aliphatic hydroxyl groups excluding tert-OH is 1. The SMILES string of the molecule is COC(OC)C(=O)C[C@H](O)c1cccc([N+](=O)[O-])c1. The van der Waals surface area contributed by atoms with Gasteiger partial charge in [0.25, 0.3) is 5.69 Å². The Morgan fingerprint density at radius 3 is 2.58 bits per heavy atom. The van der Waals surface area contributed by atoms with Crippen molar-refractivity contribution in [3.05, 3.63) is 39.9 Å². The minimum atomic E-state index is -1.14. The lowest BCUT2D eigenvalue weighted by atomic mass is 10.0. The van der Waals surface area contributed by atoms with E-state index in [1.54, 1.807) is 0 Å². The first-order chi connectivity index (χ1) is 8.99. The van der Waals surface area contributed by atoms with Crippen molar-refractivity contribution >= 4 is 11.5 Å². The highest BCUT2D eigenvalue weighted by Gasteiger charge is 2.22. The van der Waals surface area contributed by atoms with E-state index in [-0.39, 0.29) is 12.1 Å². The molecule has 0 fully saturated rings. The number of ether oxygens (including phenoxy) is 2. The number of hydrogen-bond donors (Lipinski definition) is 1. The molecule has 1 aromatic rings. The zero-order valence-electron chi connectivity index (χ0n) is 10.6. The average Bonchev–Trinajstić information content (AvgIpc) is 2.40. The van der Waals surface area contributed by atoms with Crippen LogP contribution in [0.1, 0.15) is 18.1 Å². The van der Waals surface area contributed by atoms with Crippen LogP contribution in [0.3, 0.4) is 0 Å². The van der Waals surface area contributed by atoms with E-state index < -0.39 is 23.1 Å². The maximum Gasteiger partial charge on any atom is 0.269 e. The molecule has 7 heteroatoms. The summed E-state index contributed by atoms with van der Waals surface area (Å²) in [6, 6.07) is 5.50. The lowest BCUT2D eigenvalue weighted by molar-refractivity contribution is -0.385. The van der Waals surface area contributed by atoms with Crippen molar-refractivity contribution in [2.24, 2.45) is 0 Å². The second kappa shape index (κ2) is 6.93. The fraction of sp³-hybridized carbons (Fsp3) is 0.417. The molecule has 0 bridgehead atoms. The third-order valence-corrected chi connectivity index (χ3v) is 2.55. The summed E-state index contributed by atoms with van der Waals surface area (Å²) in [4.78, 5) is 21.7. The second-order valence-corrected chi connectivity index (χ2v) is 3.84. The van der Waals surface area contributed by atoms with E-state index in [0.29, 0.717) is 5.56 Å². The molecule has 0 amide bonds. The van der Waals surface area contributed by atoms with E-state index in [4.69, 9.17) is 9.47 Å². The molecule has 7 nitrogen and oxygen atoms in total. The first-order valence-corrected chi connectivity index (χ1v) is 5.50. The number of benzene rings is 1. The Labute approximate surface area is 109 Å². The molecule has 19 heavy (non-hydrogen) atoms. The van der Waals surface area contributed by atoms with Gasteiger partial charge in [-0.3, -0.25) is 14.9 Å². The summed E-state index contributed by atoms with van der Waals surface area (Å²) in [7, 11) is 2.62. The van der Waals surface area contributed by atoms with Crippen LogP contribution in [0.25, 0.3) is 0 Å². The Bertz CT molecular complexity index is 457. The summed E-state index contributed by atoms with van der Waals surface area (Å²) in [6.07, 6.45) is -2.43. The summed E-state index contributed by atoms with van der Waals surface area (Å²) in [5.74, 6) is -0.441. The van der Waals surface area contributed by atoms with Crippen LogP contribution in [-0.2, 0) is 14.3 Å². The zero-order valence-corrected chi connectivity index (χ0v) is 10.6. The molecule has 0 aliphatic carbocycles. The molecule has 0 heterocycles. The van der Waals surface area contributed by atoms with Gasteiger partial charge in [-0.05, 0) is 5.56 Å². The predicted molar refractivity (Wildman–Crippen MR) is 65.5 cm³/mol. The number of carbonyl (C=O) groups excluding carboxylic acids is 1. The lowest BCUT2D eigenvalue weighted by Crippen LogP contribution is -2.26. The number of carbonyl (C=O) groups is 1. The van der Waals surface area contributed by atoms with Crippen molar-refractivity contribution in [2.45, 2.75) is 18.8 Å². The average molecular weight is 269 g/mol. The molecule has 0 unspecified atom stereocenters. The largest absolute Gasteiger partial charge is 0.388 e. The first kappa shape index (κ1) is 15.2. The third kappa shape index (κ3) is 4.09. The summed E-state index contributed by atoms with van der Waals surface area (Å²) in [6.45, 7) is 0. The number of ketones is 1. The van der Waals surface area contributed by atoms with E-state index in [9.17, 15) is 20.0 Å². The molecule has 0 saturated heterocycles. The Balaban J connectivity index is 2.78. The van der Waals surface area contributed by atoms with Crippen molar-refractivity contribution in [2.75, 3.05) is 14.2 Å². The Morgan fingerprint density at radius 2 is 2.05 bits per heavy atom. The minimum Gasteiger partial charge on any atom is -0.388 e. The number of rotatable bonds is 7. The van der Waals surface area contributed by atoms with Crippen molar-refractivity contribution in [1.29, 1.82) is 0 Å². The van der Waals surface area contributed by atoms with Gasteiger partial charge in [0.2, 0.25) is 6.29 Å². The van der Waals surface area contributed by atoms with Gasteiger partial charge in [-0.2, -0.15) is 0 Å². The molecule has 0 saturated carbocycles. The topological polar surface area (TPSA) is 98.9 Å². The van der Waals surface area contributed by atoms with Crippen molar-refractivity contribution in [1.82, 2.24) is 0 Å². The first-order valence-electron chi connectivity index (χ1n) is 5.50. The molecule has 104 valence electrons. The van der Waals surface area contributed by atoms with Gasteiger partial charge >= 0.3 is 0 Å². The molecule has 1 rings (SSSR count). The van der Waals surface area contributed by atoms with Gasteiger partial charge in [-0.15, -0.1) is 0 Å². The molecule has 1 N–H and O–H groups in total. The number of methoxy groups -OCH3 is 2. The molecule has 1 aromatic carbocycles. The second-order valence-electron chi connectivity index (χ2n) is 3.84. The molecule has 0 aromatic heterocycles. The van der Waals surface area contributed by atoms with Crippen LogP contribution in [0.4, 0.5) is 5.69 Å². The Hall–Kier alpha value is -1.83. The van der Waals surface area contributed by atoms with Gasteiger partial charge in [0.1, 0.15) is 0 Å². The van der Waals surface area contributed by atoms with Crippen LogP contribution in [0.15, 0.2) is 24.3 Å². The zero-order chi connectivity index (χ0) is 14.4. The fourth-order valence-corrected chi connectivity index (χ4v) is 1.61. The fourth-order valence-electron chi connectivity index (χ4n) is 1.61. The van der Waals surface area contributed by atoms with Crippen LogP contribution in [0.2, 0.25) is 0 Å². The van der Waals surface area contributed by atoms with Gasteiger partial charge in [0.05, 0.1) is 11.0 Å². The molecule has 0 aliphatic heterocycles. The number of hydrogen-bond acceptors (Lipinski definition) is 6. The van der Waals surface area contributed by atoms with Crippen molar-refractivity contribution < 1.29 is 24.3 Å². The van der Waals surface area contributed by atoms with Gasteiger partial charge in [0.15, 0.2) is 5.78 Å². The Morgan fingerprint density at radius 1 is 1.42 bits per heavy atom. The maximum atomic E-state index is 11.7. The lowest BCUT2D eigenvalue weighted by Gasteiger charge is -2.15. The standard InChI is InChI=1S/C12H15NO6/c1-18-12(19-2)11(15)7-10(14)8-4-3-5-9(6-8)13(16)17/h3-6,10,12,14H,7H2,1-2H3/t10-/m0/s1. The van der Waals surface area contributed by atoms with E-state index in [1.807, 2.05) is 0 Å². The highest BCUT2D eigenvalue weighted by atomic mass is 16.7. The van der Waals surface area contributed by atoms with Gasteiger partial charge in [0, 0.05) is 32.8 Å². The van der Waals surface area contributed by atoms with Gasteiger partial charge in [-0.25, -0.2) is 0 Å². The highest BCUT2D eigenvalue weighted by molar-refractivity contribution is 5.82. The van der Waals surface area contributed by atoms with E-state index in [2.05, 4.69) is 0 Å². The maximum absolute atomic E-state index is 11.7. The van der Waals surface area contributed by atoms with E-state index in [0.717, 1.165) is 0 Å². The molecule has 1 atom stereocenters. The van der Waals surface area contributed by atoms with Crippen LogP contribution in [-0.4, -0.2) is 36.3 Å². The third-order valence-electron chi connectivity index (χ3n) is 2.55. The number of non-ortho nitro benzene ring substituents is 1. The summed E-state index contributed by atoms with van der Waals surface area (Å²) in [5, 5.41) is 20.5. The number of nitrogens with zero attached hydrogens (tertiary/aromatic N) is 1. The summed E-state index contributed by atoms with van der Waals surface area (Å²) in [5.41, 5.74) is 0.160. The van der Waals surface area contributed by atoms with Crippen molar-refractivity contribution in [3.8, 4) is 0 Å². The molecule has 0 radical (unpaired) electrons. The van der Waals surface area contributed by atoms with Crippen LogP contribution < -0.4 is 0 Å². The quantitative estimate of drug-likeness (QED) is 0.453. The molecular weight excluding hydrogens is 254 g/mol. The van der Waals surface area contributed by atoms with Crippen LogP contribution >= 0.6 is 0 Å². The van der Waals surface area contributed by atoms with Gasteiger partial charge in [-0.1, -0.05) is 12.1 Å². The number of nitro groups is 1. The summed E-state index contributed by atoms with van der Waals surface area (Å²) < 4.78 is 9.54. The van der Waals surface area contributed by atoms with Crippen LogP contribution in [0, 0.1) is 10.1 Å². The predicted octanol–water partition coefficient (Wildman–Crippen LogP) is 1.21. The van der Waals surface area contributed by atoms with Crippen LogP contribution in [0.5, 0.6) is 0 Å². The highest BCUT2D eigenvalue weighted by Crippen LogP contribution is 2.22. The molecular formula is C12H15NO6. The monoisotopic (exact) mass is 269 g/mol. The Kier molecular flexibility index (Phi) is 5.56. The number of aliphatic hydroxyl groups is 1. The van der Waals surface area contributed by atoms with Gasteiger partial charge < -0.3 is 14.6 Å². The van der Waals surface area contributed by atoms with Crippen molar-refractivity contribution in [3.63, 3.8) is 0 Å².